The molecule has 9 heteroatoms. The quantitative estimate of drug-likeness (QED) is 0.317. The minimum atomic E-state index is -0.962. The Kier molecular flexibility index (Phi) is 6.05. The molecule has 5 rings (SSSR count). The smallest absolute Gasteiger partial charge is 0.213 e. The van der Waals surface area contributed by atoms with Crippen molar-refractivity contribution in [2.24, 2.45) is 5.16 Å². The van der Waals surface area contributed by atoms with Crippen molar-refractivity contribution < 1.29 is 22.7 Å². The van der Waals surface area contributed by atoms with Crippen LogP contribution < -0.4 is 0 Å². The van der Waals surface area contributed by atoms with E-state index in [2.05, 4.69) is 20.0 Å². The van der Waals surface area contributed by atoms with Crippen LogP contribution in [0.1, 0.15) is 40.8 Å². The molecular weight excluding hydrogens is 445 g/mol. The topological polar surface area (TPSA) is 59.8 Å². The van der Waals surface area contributed by atoms with Crippen molar-refractivity contribution in [1.82, 2.24) is 14.9 Å². The van der Waals surface area contributed by atoms with Crippen LogP contribution in [-0.2, 0) is 28.3 Å². The monoisotopic (exact) mass is 468 g/mol. The predicted molar refractivity (Wildman–Crippen MR) is 118 cm³/mol. The molecule has 4 heterocycles. The first-order chi connectivity index (χ1) is 16.5. The van der Waals surface area contributed by atoms with Crippen LogP contribution in [0.3, 0.4) is 0 Å². The lowest BCUT2D eigenvalue weighted by atomic mass is 9.84. The zero-order valence-electron chi connectivity index (χ0n) is 18.6. The van der Waals surface area contributed by atoms with Gasteiger partial charge in [-0.25, -0.2) is 13.8 Å². The van der Waals surface area contributed by atoms with Crippen molar-refractivity contribution in [2.45, 2.75) is 31.6 Å². The number of rotatable bonds is 5. The zero-order chi connectivity index (χ0) is 23.7. The number of piperidine rings is 1. The van der Waals surface area contributed by atoms with Crippen LogP contribution in [0.25, 0.3) is 0 Å². The van der Waals surface area contributed by atoms with E-state index in [1.807, 2.05) is 6.07 Å². The number of aromatic nitrogens is 2. The molecule has 0 radical (unpaired) electrons. The lowest BCUT2D eigenvalue weighted by Gasteiger charge is -2.39. The molecule has 2 aliphatic heterocycles. The maximum atomic E-state index is 13.7. The third-order valence-electron chi connectivity index (χ3n) is 6.46. The van der Waals surface area contributed by atoms with E-state index in [1.165, 1.54) is 19.2 Å². The Labute approximate surface area is 195 Å². The largest absolute Gasteiger partial charge is 0.399 e. The van der Waals surface area contributed by atoms with Crippen LogP contribution in [0.15, 0.2) is 53.9 Å². The number of hydrogen-bond donors (Lipinski definition) is 0. The number of halogens is 3. The van der Waals surface area contributed by atoms with Gasteiger partial charge in [0.1, 0.15) is 12.8 Å². The van der Waals surface area contributed by atoms with Crippen molar-refractivity contribution in [1.29, 1.82) is 0 Å². The number of fused-ring (bicyclic) bond motifs is 2. The number of likely N-dealkylation sites (tertiary alicyclic amines) is 1. The van der Waals surface area contributed by atoms with E-state index >= 15 is 0 Å². The Hall–Kier alpha value is -3.30. The summed E-state index contributed by atoms with van der Waals surface area (Å²) in [6, 6.07) is 8.74. The van der Waals surface area contributed by atoms with Gasteiger partial charge < -0.3 is 9.57 Å². The summed E-state index contributed by atoms with van der Waals surface area (Å²) in [5, 5.41) is 3.96. The Morgan fingerprint density at radius 3 is 2.59 bits per heavy atom. The molecule has 0 bridgehead atoms. The second-order valence-electron chi connectivity index (χ2n) is 8.53. The van der Waals surface area contributed by atoms with Crippen molar-refractivity contribution >= 4 is 5.71 Å². The summed E-state index contributed by atoms with van der Waals surface area (Å²) in [6.07, 6.45) is 4.97. The van der Waals surface area contributed by atoms with Crippen LogP contribution >= 0.6 is 0 Å². The Morgan fingerprint density at radius 2 is 1.88 bits per heavy atom. The molecule has 1 saturated heterocycles. The van der Waals surface area contributed by atoms with Crippen molar-refractivity contribution in [3.05, 3.63) is 94.3 Å². The molecule has 0 amide bonds. The molecule has 0 aliphatic carbocycles. The Bertz CT molecular complexity index is 1230. The Morgan fingerprint density at radius 1 is 1.06 bits per heavy atom. The molecule has 6 nitrogen and oxygen atoms in total. The molecule has 0 unspecified atom stereocenters. The first kappa shape index (κ1) is 22.5. The number of oxime groups is 1. The third-order valence-corrected chi connectivity index (χ3v) is 6.46. The zero-order valence-corrected chi connectivity index (χ0v) is 18.6. The molecule has 3 aromatic rings. The molecule has 0 N–H and O–H groups in total. The molecule has 34 heavy (non-hydrogen) atoms. The summed E-state index contributed by atoms with van der Waals surface area (Å²) in [4.78, 5) is 15.5. The van der Waals surface area contributed by atoms with E-state index in [-0.39, 0.29) is 5.60 Å². The van der Waals surface area contributed by atoms with Gasteiger partial charge in [0.2, 0.25) is 5.95 Å². The van der Waals surface area contributed by atoms with Crippen molar-refractivity contribution in [2.75, 3.05) is 20.2 Å². The fourth-order valence-corrected chi connectivity index (χ4v) is 4.68. The third kappa shape index (κ3) is 4.28. The highest BCUT2D eigenvalue weighted by Crippen LogP contribution is 2.44. The highest BCUT2D eigenvalue weighted by atomic mass is 19.2. The highest BCUT2D eigenvalue weighted by molar-refractivity contribution is 6.11. The average Bonchev–Trinajstić information content (AvgIpc) is 3.18. The number of nitrogens with zero attached hydrogens (tertiary/aromatic N) is 4. The lowest BCUT2D eigenvalue weighted by Crippen LogP contribution is -2.42. The summed E-state index contributed by atoms with van der Waals surface area (Å²) in [5.41, 5.74) is 3.69. The van der Waals surface area contributed by atoms with Crippen molar-refractivity contribution in [3.63, 3.8) is 0 Å². The summed E-state index contributed by atoms with van der Waals surface area (Å²) in [5.74, 6) is -2.37. The minimum absolute atomic E-state index is 0.315. The Balaban J connectivity index is 1.26. The van der Waals surface area contributed by atoms with Gasteiger partial charge in [-0.3, -0.25) is 9.88 Å². The average molecular weight is 468 g/mol. The summed E-state index contributed by atoms with van der Waals surface area (Å²) in [6.45, 7) is 2.77. The van der Waals surface area contributed by atoms with Gasteiger partial charge >= 0.3 is 0 Å². The summed E-state index contributed by atoms with van der Waals surface area (Å²) in [7, 11) is 1.39. The van der Waals surface area contributed by atoms with E-state index in [0.29, 0.717) is 30.1 Å². The number of hydrogen-bond acceptors (Lipinski definition) is 6. The van der Waals surface area contributed by atoms with Crippen LogP contribution in [0.4, 0.5) is 13.2 Å². The molecule has 0 saturated carbocycles. The molecule has 176 valence electrons. The van der Waals surface area contributed by atoms with Crippen LogP contribution in [0, 0.1) is 17.6 Å². The number of pyridine rings is 2. The van der Waals surface area contributed by atoms with Gasteiger partial charge in [0, 0.05) is 43.2 Å². The first-order valence-electron chi connectivity index (χ1n) is 11.0. The van der Waals surface area contributed by atoms with E-state index in [9.17, 15) is 13.2 Å². The van der Waals surface area contributed by atoms with E-state index < -0.39 is 17.6 Å². The predicted octanol–water partition coefficient (Wildman–Crippen LogP) is 4.31. The maximum Gasteiger partial charge on any atom is 0.213 e. The van der Waals surface area contributed by atoms with Crippen molar-refractivity contribution in [3.8, 4) is 0 Å². The molecule has 1 fully saturated rings. The molecule has 2 aliphatic rings. The van der Waals surface area contributed by atoms with Gasteiger partial charge in [0.25, 0.3) is 0 Å². The van der Waals surface area contributed by atoms with Crippen LogP contribution in [0.5, 0.6) is 0 Å². The highest BCUT2D eigenvalue weighted by Gasteiger charge is 2.43. The molecule has 0 atom stereocenters. The second-order valence-corrected chi connectivity index (χ2v) is 8.53. The summed E-state index contributed by atoms with van der Waals surface area (Å²) >= 11 is 0. The number of benzene rings is 1. The SMILES string of the molecule is CO/N=C(/c1ccc(F)c(F)c1)c1ccc(CN2CCC3(CC2)OCc2cc(F)ncc23)cn1. The van der Waals surface area contributed by atoms with E-state index in [1.54, 1.807) is 18.5 Å². The van der Waals surface area contributed by atoms with Gasteiger partial charge in [-0.1, -0.05) is 11.2 Å². The van der Waals surface area contributed by atoms with Crippen LogP contribution in [0.2, 0.25) is 0 Å². The normalized spacial score (nSPS) is 17.7. The summed E-state index contributed by atoms with van der Waals surface area (Å²) < 4.78 is 46.6. The molecule has 2 aromatic heterocycles. The second kappa shape index (κ2) is 9.15. The fraction of sp³-hybridized carbons (Fsp3) is 0.320. The molecule has 1 aromatic carbocycles. The fourth-order valence-electron chi connectivity index (χ4n) is 4.68. The minimum Gasteiger partial charge on any atom is -0.399 e. The first-order valence-corrected chi connectivity index (χ1v) is 11.0. The molecular formula is C25H23F3N4O2. The van der Waals surface area contributed by atoms with E-state index in [4.69, 9.17) is 9.57 Å². The standard InChI is InChI=1S/C25H23F3N4O2/c1-33-31-24(17-3-4-20(26)21(27)10-17)22-5-2-16(12-29-22)14-32-8-6-25(7-9-32)19-13-30-23(28)11-18(19)15-34-25/h2-5,10-13H,6-9,14-15H2,1H3/b31-24-. The number of ether oxygens (including phenoxy) is 1. The van der Waals surface area contributed by atoms with Gasteiger partial charge in [-0.05, 0) is 54.3 Å². The van der Waals surface area contributed by atoms with Gasteiger partial charge in [0.05, 0.1) is 17.9 Å². The maximum absolute atomic E-state index is 13.7. The van der Waals surface area contributed by atoms with Crippen LogP contribution in [-0.4, -0.2) is 40.8 Å². The molecule has 1 spiro atoms. The van der Waals surface area contributed by atoms with Gasteiger partial charge in [-0.15, -0.1) is 0 Å². The van der Waals surface area contributed by atoms with E-state index in [0.717, 1.165) is 54.8 Å². The lowest BCUT2D eigenvalue weighted by molar-refractivity contribution is -0.0800. The van der Waals surface area contributed by atoms with Gasteiger partial charge in [-0.2, -0.15) is 4.39 Å². The van der Waals surface area contributed by atoms with Gasteiger partial charge in [0.15, 0.2) is 11.6 Å².